The molecule has 1 fully saturated rings. The molecule has 0 unspecified atom stereocenters. The minimum absolute atomic E-state index is 0.0188. The Labute approximate surface area is 178 Å². The summed E-state index contributed by atoms with van der Waals surface area (Å²) >= 11 is 0. The van der Waals surface area contributed by atoms with Crippen molar-refractivity contribution in [3.63, 3.8) is 0 Å². The first-order valence-electron chi connectivity index (χ1n) is 10.5. The first kappa shape index (κ1) is 20.3. The molecule has 1 aliphatic heterocycles. The Balaban J connectivity index is 1.31. The zero-order valence-electron chi connectivity index (χ0n) is 17.7. The predicted octanol–water partition coefficient (Wildman–Crippen LogP) is 3.25. The van der Waals surface area contributed by atoms with Crippen molar-refractivity contribution in [1.29, 1.82) is 0 Å². The van der Waals surface area contributed by atoms with Crippen LogP contribution in [0, 0.1) is 13.8 Å². The van der Waals surface area contributed by atoms with Gasteiger partial charge < -0.3 is 5.32 Å². The highest BCUT2D eigenvalue weighted by atomic mass is 16.2. The number of nitrogens with zero attached hydrogens (tertiary/aromatic N) is 4. The van der Waals surface area contributed by atoms with Crippen molar-refractivity contribution in [2.45, 2.75) is 20.4 Å². The van der Waals surface area contributed by atoms with Crippen LogP contribution in [0.1, 0.15) is 17.0 Å². The summed E-state index contributed by atoms with van der Waals surface area (Å²) in [7, 11) is 0. The smallest absolute Gasteiger partial charge is 0.238 e. The Bertz CT molecular complexity index is 976. The first-order chi connectivity index (χ1) is 14.6. The van der Waals surface area contributed by atoms with Gasteiger partial charge in [0.15, 0.2) is 0 Å². The second kappa shape index (κ2) is 9.24. The Morgan fingerprint density at radius 1 is 0.900 bits per heavy atom. The molecule has 0 atom stereocenters. The molecule has 1 aliphatic rings. The fraction of sp³-hybridized carbons (Fsp3) is 0.333. The zero-order valence-corrected chi connectivity index (χ0v) is 17.7. The van der Waals surface area contributed by atoms with Gasteiger partial charge >= 0.3 is 0 Å². The van der Waals surface area contributed by atoms with Gasteiger partial charge in [0, 0.05) is 32.7 Å². The second-order valence-corrected chi connectivity index (χ2v) is 7.88. The molecular formula is C24H29N5O. The number of anilines is 1. The Kier molecular flexibility index (Phi) is 6.26. The molecule has 156 valence electrons. The van der Waals surface area contributed by atoms with E-state index in [-0.39, 0.29) is 5.91 Å². The topological polar surface area (TPSA) is 53.4 Å². The van der Waals surface area contributed by atoms with Crippen molar-refractivity contribution in [2.75, 3.05) is 38.0 Å². The van der Waals surface area contributed by atoms with Gasteiger partial charge in [-0.2, -0.15) is 5.10 Å². The Hall–Kier alpha value is -2.96. The fourth-order valence-corrected chi connectivity index (χ4v) is 3.97. The Morgan fingerprint density at radius 3 is 2.17 bits per heavy atom. The molecule has 1 aromatic heterocycles. The van der Waals surface area contributed by atoms with Crippen LogP contribution < -0.4 is 5.32 Å². The molecule has 4 rings (SSSR count). The normalized spacial score (nSPS) is 15.3. The average molecular weight is 404 g/mol. The summed E-state index contributed by atoms with van der Waals surface area (Å²) < 4.78 is 1.88. The molecule has 2 aromatic carbocycles. The van der Waals surface area contributed by atoms with Gasteiger partial charge in [-0.1, -0.05) is 48.5 Å². The van der Waals surface area contributed by atoms with E-state index in [9.17, 15) is 4.79 Å². The average Bonchev–Trinajstić information content (AvgIpc) is 3.05. The number of hydrogen-bond acceptors (Lipinski definition) is 4. The van der Waals surface area contributed by atoms with Gasteiger partial charge in [-0.15, -0.1) is 0 Å². The van der Waals surface area contributed by atoms with Gasteiger partial charge in [0.2, 0.25) is 5.91 Å². The summed E-state index contributed by atoms with van der Waals surface area (Å²) in [5, 5.41) is 7.70. The summed E-state index contributed by atoms with van der Waals surface area (Å²) in [6.45, 7) is 9.07. The van der Waals surface area contributed by atoms with Crippen LogP contribution in [0.5, 0.6) is 0 Å². The number of aromatic nitrogens is 2. The van der Waals surface area contributed by atoms with Gasteiger partial charge in [0.05, 0.1) is 29.3 Å². The lowest BCUT2D eigenvalue weighted by Gasteiger charge is -2.34. The van der Waals surface area contributed by atoms with Gasteiger partial charge in [-0.05, 0) is 31.5 Å². The molecule has 6 heteroatoms. The van der Waals surface area contributed by atoms with Crippen LogP contribution in [0.15, 0.2) is 60.7 Å². The third kappa shape index (κ3) is 4.78. The molecule has 1 saturated heterocycles. The third-order valence-corrected chi connectivity index (χ3v) is 5.64. The molecule has 0 saturated carbocycles. The number of benzene rings is 2. The molecule has 0 bridgehead atoms. The van der Waals surface area contributed by atoms with E-state index < -0.39 is 0 Å². The minimum atomic E-state index is 0.0188. The number of amides is 1. The van der Waals surface area contributed by atoms with Gasteiger partial charge in [-0.25, -0.2) is 4.68 Å². The van der Waals surface area contributed by atoms with Crippen LogP contribution in [-0.2, 0) is 11.3 Å². The van der Waals surface area contributed by atoms with Crippen LogP contribution in [0.25, 0.3) is 5.69 Å². The monoisotopic (exact) mass is 403 g/mol. The molecule has 2 heterocycles. The van der Waals surface area contributed by atoms with Crippen molar-refractivity contribution in [1.82, 2.24) is 19.6 Å². The maximum atomic E-state index is 12.7. The van der Waals surface area contributed by atoms with E-state index in [0.717, 1.165) is 55.5 Å². The molecule has 3 aromatic rings. The largest absolute Gasteiger partial charge is 0.322 e. The molecule has 0 radical (unpaired) electrons. The highest BCUT2D eigenvalue weighted by molar-refractivity contribution is 5.93. The maximum Gasteiger partial charge on any atom is 0.238 e. The van der Waals surface area contributed by atoms with Crippen LogP contribution in [0.4, 0.5) is 5.69 Å². The van der Waals surface area contributed by atoms with Gasteiger partial charge in [0.25, 0.3) is 0 Å². The quantitative estimate of drug-likeness (QED) is 0.687. The molecule has 1 N–H and O–H groups in total. The number of rotatable bonds is 6. The highest BCUT2D eigenvalue weighted by Gasteiger charge is 2.21. The van der Waals surface area contributed by atoms with E-state index in [1.54, 1.807) is 0 Å². The molecule has 6 nitrogen and oxygen atoms in total. The SMILES string of the molecule is Cc1nn(-c2ccccc2)c(C)c1NC(=O)CN1CCN(Cc2ccccc2)CC1. The van der Waals surface area contributed by atoms with E-state index in [2.05, 4.69) is 44.5 Å². The maximum absolute atomic E-state index is 12.7. The fourth-order valence-electron chi connectivity index (χ4n) is 3.97. The standard InChI is InChI=1S/C24H29N5O/c1-19-24(20(2)29(26-19)22-11-7-4-8-12-22)25-23(30)18-28-15-13-27(14-16-28)17-21-9-5-3-6-10-21/h3-12H,13-18H2,1-2H3,(H,25,30). The predicted molar refractivity (Wildman–Crippen MR) is 120 cm³/mol. The first-order valence-corrected chi connectivity index (χ1v) is 10.5. The summed E-state index contributed by atoms with van der Waals surface area (Å²) in [6, 6.07) is 20.5. The van der Waals surface area contributed by atoms with Gasteiger partial charge in [0.1, 0.15) is 0 Å². The highest BCUT2D eigenvalue weighted by Crippen LogP contribution is 2.22. The zero-order chi connectivity index (χ0) is 20.9. The third-order valence-electron chi connectivity index (χ3n) is 5.64. The van der Waals surface area contributed by atoms with Crippen LogP contribution in [-0.4, -0.2) is 58.2 Å². The van der Waals surface area contributed by atoms with Crippen molar-refractivity contribution in [3.8, 4) is 5.69 Å². The van der Waals surface area contributed by atoms with Crippen LogP contribution in [0.2, 0.25) is 0 Å². The van der Waals surface area contributed by atoms with E-state index >= 15 is 0 Å². The summed E-state index contributed by atoms with van der Waals surface area (Å²) in [6.07, 6.45) is 0. The van der Waals surface area contributed by atoms with E-state index in [4.69, 9.17) is 0 Å². The summed E-state index contributed by atoms with van der Waals surface area (Å²) in [5.74, 6) is 0.0188. The van der Waals surface area contributed by atoms with E-state index in [1.807, 2.05) is 54.9 Å². The molecule has 30 heavy (non-hydrogen) atoms. The van der Waals surface area contributed by atoms with Crippen LogP contribution >= 0.6 is 0 Å². The lowest BCUT2D eigenvalue weighted by molar-refractivity contribution is -0.117. The number of hydrogen-bond donors (Lipinski definition) is 1. The number of piperazine rings is 1. The number of aryl methyl sites for hydroxylation is 1. The van der Waals surface area contributed by atoms with Gasteiger partial charge in [-0.3, -0.25) is 14.6 Å². The van der Waals surface area contributed by atoms with E-state index in [0.29, 0.717) is 6.54 Å². The molecular weight excluding hydrogens is 374 g/mol. The summed E-state index contributed by atoms with van der Waals surface area (Å²) in [5.41, 5.74) is 4.92. The minimum Gasteiger partial charge on any atom is -0.322 e. The Morgan fingerprint density at radius 2 is 1.50 bits per heavy atom. The number of carbonyl (C=O) groups is 1. The second-order valence-electron chi connectivity index (χ2n) is 7.88. The van der Waals surface area contributed by atoms with Crippen molar-refractivity contribution in [3.05, 3.63) is 77.6 Å². The number of carbonyl (C=O) groups excluding carboxylic acids is 1. The summed E-state index contributed by atoms with van der Waals surface area (Å²) in [4.78, 5) is 17.4. The van der Waals surface area contributed by atoms with E-state index in [1.165, 1.54) is 5.56 Å². The molecule has 0 aliphatic carbocycles. The lowest BCUT2D eigenvalue weighted by Crippen LogP contribution is -2.48. The molecule has 1 amide bonds. The number of nitrogens with one attached hydrogen (secondary N) is 1. The molecule has 0 spiro atoms. The van der Waals surface area contributed by atoms with Crippen molar-refractivity contribution < 1.29 is 4.79 Å². The number of para-hydroxylation sites is 1. The van der Waals surface area contributed by atoms with Crippen molar-refractivity contribution >= 4 is 11.6 Å². The lowest BCUT2D eigenvalue weighted by atomic mass is 10.2. The van der Waals surface area contributed by atoms with Crippen molar-refractivity contribution in [2.24, 2.45) is 0 Å². The van der Waals surface area contributed by atoms with Crippen LogP contribution in [0.3, 0.4) is 0 Å².